The molecule has 0 spiro atoms. The van der Waals surface area contributed by atoms with Crippen molar-refractivity contribution in [3.63, 3.8) is 0 Å². The third-order valence-corrected chi connectivity index (χ3v) is 3.56. The van der Waals surface area contributed by atoms with Crippen LogP contribution in [0.3, 0.4) is 0 Å². The molecule has 20 heavy (non-hydrogen) atoms. The fourth-order valence-electron chi connectivity index (χ4n) is 2.12. The van der Waals surface area contributed by atoms with Gasteiger partial charge in [-0.15, -0.1) is 0 Å². The normalized spacial score (nSPS) is 12.0. The summed E-state index contributed by atoms with van der Waals surface area (Å²) in [7, 11) is 0. The molecule has 0 unspecified atom stereocenters. The molecule has 0 radical (unpaired) electrons. The summed E-state index contributed by atoms with van der Waals surface area (Å²) in [5.41, 5.74) is 0.0923. The number of aromatic nitrogens is 2. The topological polar surface area (TPSA) is 17.3 Å². The van der Waals surface area contributed by atoms with Crippen LogP contribution in [0.15, 0.2) is 53.3 Å². The van der Waals surface area contributed by atoms with Crippen LogP contribution >= 0.6 is 15.9 Å². The van der Waals surface area contributed by atoms with Gasteiger partial charge in [0.15, 0.2) is 0 Å². The zero-order valence-electron chi connectivity index (χ0n) is 10.0. The minimum atomic E-state index is -4.41. The van der Waals surface area contributed by atoms with Gasteiger partial charge < -0.3 is 0 Å². The van der Waals surface area contributed by atoms with Gasteiger partial charge in [-0.05, 0) is 34.1 Å². The highest BCUT2D eigenvalue weighted by molar-refractivity contribution is 9.10. The number of halogens is 4. The van der Waals surface area contributed by atoms with E-state index in [1.54, 1.807) is 34.9 Å². The fraction of sp³-hybridized carbons (Fsp3) is 0.0714. The maximum Gasteiger partial charge on any atom is 0.417 e. The third kappa shape index (κ3) is 2.10. The molecule has 0 aliphatic carbocycles. The van der Waals surface area contributed by atoms with Crippen LogP contribution in [-0.4, -0.2) is 9.38 Å². The van der Waals surface area contributed by atoms with Crippen LogP contribution in [0.5, 0.6) is 0 Å². The van der Waals surface area contributed by atoms with Crippen LogP contribution in [0.4, 0.5) is 13.2 Å². The van der Waals surface area contributed by atoms with Crippen LogP contribution in [0.25, 0.3) is 16.9 Å². The summed E-state index contributed by atoms with van der Waals surface area (Å²) in [6.07, 6.45) is -2.72. The second-order valence-electron chi connectivity index (χ2n) is 4.23. The van der Waals surface area contributed by atoms with E-state index in [0.717, 1.165) is 11.6 Å². The van der Waals surface area contributed by atoms with Crippen LogP contribution in [0.1, 0.15) is 5.56 Å². The lowest BCUT2D eigenvalue weighted by Gasteiger charge is -2.11. The standard InChI is InChI=1S/C14H8BrF3N2/c15-12-11-7-3-4-8-20(11)13(19-12)9-5-1-2-6-10(9)14(16,17)18/h1-8H. The van der Waals surface area contributed by atoms with Crippen LogP contribution in [0, 0.1) is 0 Å². The Balaban J connectivity index is 2.33. The van der Waals surface area contributed by atoms with Gasteiger partial charge in [0.25, 0.3) is 0 Å². The van der Waals surface area contributed by atoms with Gasteiger partial charge in [-0.25, -0.2) is 4.98 Å². The molecule has 2 heterocycles. The van der Waals surface area contributed by atoms with Gasteiger partial charge in [0.1, 0.15) is 10.4 Å². The zero-order chi connectivity index (χ0) is 14.3. The number of imidazole rings is 1. The molecule has 0 N–H and O–H groups in total. The second kappa shape index (κ2) is 4.63. The minimum Gasteiger partial charge on any atom is -0.299 e. The van der Waals surface area contributed by atoms with Crippen molar-refractivity contribution in [1.82, 2.24) is 9.38 Å². The Morgan fingerprint density at radius 3 is 2.45 bits per heavy atom. The first-order chi connectivity index (χ1) is 9.48. The summed E-state index contributed by atoms with van der Waals surface area (Å²) in [5.74, 6) is 0.264. The number of rotatable bonds is 1. The van der Waals surface area contributed by atoms with Gasteiger partial charge in [0, 0.05) is 11.8 Å². The van der Waals surface area contributed by atoms with E-state index in [4.69, 9.17) is 0 Å². The molecule has 2 aromatic heterocycles. The molecule has 0 fully saturated rings. The van der Waals surface area contributed by atoms with Crippen LogP contribution < -0.4 is 0 Å². The number of benzene rings is 1. The summed E-state index contributed by atoms with van der Waals surface area (Å²) >= 11 is 3.28. The van der Waals surface area contributed by atoms with Crippen molar-refractivity contribution in [2.75, 3.05) is 0 Å². The largest absolute Gasteiger partial charge is 0.417 e. The molecule has 0 bridgehead atoms. The number of hydrogen-bond acceptors (Lipinski definition) is 1. The number of fused-ring (bicyclic) bond motifs is 1. The fourth-order valence-corrected chi connectivity index (χ4v) is 2.61. The molecule has 3 aromatic rings. The molecule has 3 rings (SSSR count). The Morgan fingerprint density at radius 2 is 1.70 bits per heavy atom. The Kier molecular flexibility index (Phi) is 3.05. The summed E-state index contributed by atoms with van der Waals surface area (Å²) < 4.78 is 41.4. The third-order valence-electron chi connectivity index (χ3n) is 2.98. The Labute approximate surface area is 121 Å². The predicted octanol–water partition coefficient (Wildman–Crippen LogP) is 4.78. The molecule has 0 amide bonds. The lowest BCUT2D eigenvalue weighted by molar-refractivity contribution is -0.137. The van der Waals surface area contributed by atoms with Crippen molar-refractivity contribution in [2.45, 2.75) is 6.18 Å². The number of pyridine rings is 1. The van der Waals surface area contributed by atoms with Gasteiger partial charge in [0.2, 0.25) is 0 Å². The highest BCUT2D eigenvalue weighted by Gasteiger charge is 2.34. The van der Waals surface area contributed by atoms with E-state index in [1.807, 2.05) is 0 Å². The molecule has 102 valence electrons. The first kappa shape index (κ1) is 13.2. The molecule has 0 atom stereocenters. The highest BCUT2D eigenvalue weighted by Crippen LogP contribution is 2.37. The van der Waals surface area contributed by atoms with E-state index in [9.17, 15) is 13.2 Å². The van der Waals surface area contributed by atoms with Crippen molar-refractivity contribution in [3.8, 4) is 11.4 Å². The monoisotopic (exact) mass is 340 g/mol. The molecule has 0 saturated heterocycles. The van der Waals surface area contributed by atoms with E-state index in [2.05, 4.69) is 20.9 Å². The number of nitrogens with zero attached hydrogens (tertiary/aromatic N) is 2. The summed E-state index contributed by atoms with van der Waals surface area (Å²) in [5, 5.41) is 0. The van der Waals surface area contributed by atoms with Crippen LogP contribution in [-0.2, 0) is 6.18 Å². The van der Waals surface area contributed by atoms with Crippen LogP contribution in [0.2, 0.25) is 0 Å². The van der Waals surface area contributed by atoms with E-state index < -0.39 is 11.7 Å². The van der Waals surface area contributed by atoms with Gasteiger partial charge in [-0.3, -0.25) is 4.40 Å². The summed E-state index contributed by atoms with van der Waals surface area (Å²) in [4.78, 5) is 4.21. The van der Waals surface area contributed by atoms with E-state index in [-0.39, 0.29) is 11.4 Å². The molecular formula is C14H8BrF3N2. The van der Waals surface area contributed by atoms with E-state index in [0.29, 0.717) is 4.60 Å². The molecule has 0 aliphatic rings. The van der Waals surface area contributed by atoms with Gasteiger partial charge in [-0.2, -0.15) is 13.2 Å². The Hall–Kier alpha value is -1.82. The maximum absolute atomic E-state index is 13.1. The molecule has 2 nitrogen and oxygen atoms in total. The average Bonchev–Trinajstić information content (AvgIpc) is 2.76. The molecular weight excluding hydrogens is 333 g/mol. The Bertz CT molecular complexity index is 777. The van der Waals surface area contributed by atoms with Crippen molar-refractivity contribution >= 4 is 21.4 Å². The minimum absolute atomic E-state index is 0.0619. The van der Waals surface area contributed by atoms with Crippen molar-refractivity contribution in [3.05, 3.63) is 58.8 Å². The molecule has 6 heteroatoms. The quantitative estimate of drug-likeness (QED) is 0.623. The number of hydrogen-bond donors (Lipinski definition) is 0. The molecule has 0 aliphatic heterocycles. The SMILES string of the molecule is FC(F)(F)c1ccccc1-c1nc(Br)c2ccccn12. The van der Waals surface area contributed by atoms with Crippen molar-refractivity contribution in [2.24, 2.45) is 0 Å². The first-order valence-electron chi connectivity index (χ1n) is 5.77. The number of alkyl halides is 3. The zero-order valence-corrected chi connectivity index (χ0v) is 11.6. The molecule has 1 aromatic carbocycles. The van der Waals surface area contributed by atoms with Gasteiger partial charge in [0.05, 0.1) is 11.1 Å². The van der Waals surface area contributed by atoms with Crippen molar-refractivity contribution in [1.29, 1.82) is 0 Å². The second-order valence-corrected chi connectivity index (χ2v) is 4.98. The lowest BCUT2D eigenvalue weighted by Crippen LogP contribution is -2.07. The smallest absolute Gasteiger partial charge is 0.299 e. The first-order valence-corrected chi connectivity index (χ1v) is 6.57. The maximum atomic E-state index is 13.1. The Morgan fingerprint density at radius 1 is 1.00 bits per heavy atom. The van der Waals surface area contributed by atoms with Gasteiger partial charge in [-0.1, -0.05) is 24.3 Å². The van der Waals surface area contributed by atoms with E-state index in [1.165, 1.54) is 12.1 Å². The average molecular weight is 341 g/mol. The van der Waals surface area contributed by atoms with Gasteiger partial charge >= 0.3 is 6.18 Å². The predicted molar refractivity (Wildman–Crippen MR) is 73.3 cm³/mol. The summed E-state index contributed by atoms with van der Waals surface area (Å²) in [6.45, 7) is 0. The lowest BCUT2D eigenvalue weighted by atomic mass is 10.1. The summed E-state index contributed by atoms with van der Waals surface area (Å²) in [6, 6.07) is 10.8. The molecule has 0 saturated carbocycles. The van der Waals surface area contributed by atoms with E-state index >= 15 is 0 Å². The highest BCUT2D eigenvalue weighted by atomic mass is 79.9. The van der Waals surface area contributed by atoms with Crippen molar-refractivity contribution < 1.29 is 13.2 Å².